The quantitative estimate of drug-likeness (QED) is 0.747. The summed E-state index contributed by atoms with van der Waals surface area (Å²) in [5.74, 6) is 0.832. The molecule has 0 saturated carbocycles. The van der Waals surface area contributed by atoms with E-state index in [0.717, 1.165) is 18.9 Å². The molecule has 0 aliphatic carbocycles. The second kappa shape index (κ2) is 7.67. The average molecular weight is 394 g/mol. The van der Waals surface area contributed by atoms with Gasteiger partial charge < -0.3 is 9.64 Å². The van der Waals surface area contributed by atoms with E-state index in [9.17, 15) is 4.79 Å². The molecule has 0 spiro atoms. The molecule has 5 heteroatoms. The molecule has 4 rings (SSSR count). The van der Waals surface area contributed by atoms with Crippen LogP contribution in [0.3, 0.4) is 0 Å². The van der Waals surface area contributed by atoms with Crippen molar-refractivity contribution in [2.75, 3.05) is 13.2 Å². The number of aliphatic imine (C=N–C) groups is 1. The molecule has 28 heavy (non-hydrogen) atoms. The van der Waals surface area contributed by atoms with Gasteiger partial charge in [0.1, 0.15) is 12.6 Å². The lowest BCUT2D eigenvalue weighted by Gasteiger charge is -2.25. The molecule has 146 valence electrons. The third-order valence-electron chi connectivity index (χ3n) is 5.39. The summed E-state index contributed by atoms with van der Waals surface area (Å²) in [6.07, 6.45) is 0.893. The van der Waals surface area contributed by atoms with E-state index in [1.165, 1.54) is 10.6 Å². The van der Waals surface area contributed by atoms with Gasteiger partial charge in [0.05, 0.1) is 5.54 Å². The van der Waals surface area contributed by atoms with Crippen LogP contribution in [0.15, 0.2) is 65.7 Å². The minimum atomic E-state index is -0.573. The predicted octanol–water partition coefficient (Wildman–Crippen LogP) is 3.32. The highest BCUT2D eigenvalue weighted by Crippen LogP contribution is 2.46. The van der Waals surface area contributed by atoms with Gasteiger partial charge in [0, 0.05) is 19.1 Å². The molecule has 0 N–H and O–H groups in total. The number of likely N-dealkylation sites (tertiary alicyclic amines) is 1. The van der Waals surface area contributed by atoms with Crippen molar-refractivity contribution < 1.29 is 9.53 Å². The number of rotatable bonds is 4. The van der Waals surface area contributed by atoms with Crippen molar-refractivity contribution in [3.8, 4) is 0 Å². The Balaban J connectivity index is 1.69. The van der Waals surface area contributed by atoms with Gasteiger partial charge in [-0.25, -0.2) is 4.99 Å². The van der Waals surface area contributed by atoms with E-state index in [-0.39, 0.29) is 17.5 Å². The Hall–Kier alpha value is -2.19. The lowest BCUT2D eigenvalue weighted by atomic mass is 10.1. The summed E-state index contributed by atoms with van der Waals surface area (Å²) in [5, 5.41) is 2.71. The standard InChI is InChI=1S/C23H27N2O2P/c1-17(26)25-15-20(14-21(25)22-24-23(2,3)16-27-22)28(18-10-6-4-7-11-18)19-12-8-5-9-13-19/h4-13,20-21H,14-16H2,1-3H3/t20-,21-/m0/s1. The predicted molar refractivity (Wildman–Crippen MR) is 116 cm³/mol. The van der Waals surface area contributed by atoms with Crippen LogP contribution in [0.1, 0.15) is 27.2 Å². The molecule has 4 nitrogen and oxygen atoms in total. The fourth-order valence-corrected chi connectivity index (χ4v) is 6.99. The first-order valence-electron chi connectivity index (χ1n) is 9.84. The number of hydrogen-bond donors (Lipinski definition) is 0. The highest BCUT2D eigenvalue weighted by Gasteiger charge is 2.44. The molecule has 0 bridgehead atoms. The number of carbonyl (C=O) groups is 1. The molecule has 1 fully saturated rings. The van der Waals surface area contributed by atoms with E-state index in [4.69, 9.17) is 9.73 Å². The average Bonchev–Trinajstić information content (AvgIpc) is 3.27. The van der Waals surface area contributed by atoms with Gasteiger partial charge in [0.2, 0.25) is 11.8 Å². The second-order valence-electron chi connectivity index (χ2n) is 8.17. The Kier molecular flexibility index (Phi) is 5.25. The Labute approximate surface area is 168 Å². The molecule has 2 aliphatic heterocycles. The summed E-state index contributed by atoms with van der Waals surface area (Å²) < 4.78 is 5.94. The van der Waals surface area contributed by atoms with Gasteiger partial charge in [-0.3, -0.25) is 4.79 Å². The van der Waals surface area contributed by atoms with Crippen LogP contribution in [0.4, 0.5) is 0 Å². The van der Waals surface area contributed by atoms with Crippen LogP contribution < -0.4 is 10.6 Å². The van der Waals surface area contributed by atoms with Gasteiger partial charge in [-0.05, 0) is 38.8 Å². The van der Waals surface area contributed by atoms with E-state index in [1.54, 1.807) is 6.92 Å². The topological polar surface area (TPSA) is 41.9 Å². The van der Waals surface area contributed by atoms with E-state index in [0.29, 0.717) is 12.3 Å². The fourth-order valence-electron chi connectivity index (χ4n) is 4.11. The monoisotopic (exact) mass is 394 g/mol. The van der Waals surface area contributed by atoms with Gasteiger partial charge >= 0.3 is 0 Å². The van der Waals surface area contributed by atoms with E-state index >= 15 is 0 Å². The van der Waals surface area contributed by atoms with Crippen LogP contribution in [-0.4, -0.2) is 47.1 Å². The van der Waals surface area contributed by atoms with E-state index in [2.05, 4.69) is 74.5 Å². The summed E-state index contributed by atoms with van der Waals surface area (Å²) in [6.45, 7) is 7.14. The zero-order valence-electron chi connectivity index (χ0n) is 16.7. The third-order valence-corrected chi connectivity index (χ3v) is 8.20. The van der Waals surface area contributed by atoms with Crippen LogP contribution in [0.25, 0.3) is 0 Å². The zero-order valence-corrected chi connectivity index (χ0v) is 17.6. The molecular weight excluding hydrogens is 367 g/mol. The minimum Gasteiger partial charge on any atom is -0.477 e. The number of carbonyl (C=O) groups excluding carboxylic acids is 1. The summed E-state index contributed by atoms with van der Waals surface area (Å²) in [6, 6.07) is 21.4. The molecule has 2 aliphatic rings. The molecule has 1 amide bonds. The Morgan fingerprint density at radius 1 is 1.07 bits per heavy atom. The zero-order chi connectivity index (χ0) is 19.7. The molecule has 1 saturated heterocycles. The van der Waals surface area contributed by atoms with Gasteiger partial charge in [-0.1, -0.05) is 60.7 Å². The normalized spacial score (nSPS) is 23.6. The minimum absolute atomic E-state index is 0.0540. The molecular formula is C23H27N2O2P. The van der Waals surface area contributed by atoms with Crippen molar-refractivity contribution in [2.45, 2.75) is 44.4 Å². The van der Waals surface area contributed by atoms with Crippen LogP contribution >= 0.6 is 7.92 Å². The van der Waals surface area contributed by atoms with Crippen molar-refractivity contribution in [1.29, 1.82) is 0 Å². The number of amides is 1. The van der Waals surface area contributed by atoms with Gasteiger partial charge in [-0.2, -0.15) is 0 Å². The van der Waals surface area contributed by atoms with Crippen LogP contribution in [0.5, 0.6) is 0 Å². The lowest BCUT2D eigenvalue weighted by molar-refractivity contribution is -0.128. The van der Waals surface area contributed by atoms with Crippen LogP contribution in [0.2, 0.25) is 0 Å². The van der Waals surface area contributed by atoms with Gasteiger partial charge in [0.15, 0.2) is 0 Å². The number of hydrogen-bond acceptors (Lipinski definition) is 3. The summed E-state index contributed by atoms with van der Waals surface area (Å²) >= 11 is 0. The van der Waals surface area contributed by atoms with Gasteiger partial charge in [-0.15, -0.1) is 0 Å². The second-order valence-corrected chi connectivity index (χ2v) is 10.7. The Morgan fingerprint density at radius 3 is 2.11 bits per heavy atom. The van der Waals surface area contributed by atoms with Crippen molar-refractivity contribution >= 4 is 30.3 Å². The van der Waals surface area contributed by atoms with Crippen molar-refractivity contribution in [1.82, 2.24) is 4.90 Å². The van der Waals surface area contributed by atoms with E-state index in [1.807, 2.05) is 4.90 Å². The SMILES string of the molecule is CC(=O)N1C[C@@H](P(c2ccccc2)c2ccccc2)C[C@H]1C1=NC(C)(C)CO1. The summed E-state index contributed by atoms with van der Waals surface area (Å²) in [7, 11) is -0.573. The summed E-state index contributed by atoms with van der Waals surface area (Å²) in [5.41, 5.74) is 0.170. The molecule has 0 radical (unpaired) electrons. The molecule has 2 heterocycles. The van der Waals surface area contributed by atoms with Crippen molar-refractivity contribution in [2.24, 2.45) is 4.99 Å². The number of nitrogens with zero attached hydrogens (tertiary/aromatic N) is 2. The Bertz CT molecular complexity index is 827. The van der Waals surface area contributed by atoms with Crippen molar-refractivity contribution in [3.05, 3.63) is 60.7 Å². The first kappa shape index (κ1) is 19.1. The Morgan fingerprint density at radius 2 is 1.64 bits per heavy atom. The fraction of sp³-hybridized carbons (Fsp3) is 0.391. The molecule has 2 aromatic carbocycles. The highest BCUT2D eigenvalue weighted by atomic mass is 31.1. The van der Waals surface area contributed by atoms with Crippen molar-refractivity contribution in [3.63, 3.8) is 0 Å². The molecule has 0 unspecified atom stereocenters. The molecule has 2 atom stereocenters. The molecule has 0 aromatic heterocycles. The molecule has 2 aromatic rings. The number of benzene rings is 2. The third kappa shape index (κ3) is 3.84. The van der Waals surface area contributed by atoms with Crippen LogP contribution in [0, 0.1) is 0 Å². The van der Waals surface area contributed by atoms with Gasteiger partial charge in [0.25, 0.3) is 0 Å². The maximum Gasteiger partial charge on any atom is 0.220 e. The smallest absolute Gasteiger partial charge is 0.220 e. The van der Waals surface area contributed by atoms with Crippen LogP contribution in [-0.2, 0) is 9.53 Å². The maximum absolute atomic E-state index is 12.4. The maximum atomic E-state index is 12.4. The largest absolute Gasteiger partial charge is 0.477 e. The van der Waals surface area contributed by atoms with E-state index < -0.39 is 7.92 Å². The summed E-state index contributed by atoms with van der Waals surface area (Å²) in [4.78, 5) is 19.2. The first-order valence-corrected chi connectivity index (χ1v) is 11.2. The number of ether oxygens (including phenoxy) is 1. The highest BCUT2D eigenvalue weighted by molar-refractivity contribution is 7.73. The lowest BCUT2D eigenvalue weighted by Crippen LogP contribution is -2.39. The first-order chi connectivity index (χ1) is 13.4.